The Hall–Kier alpha value is -1.28. The standard InChI is InChI=1S/C8H10N4S/c1-3-10-7-6(4-9)8(13-2)12-5-11-7/h5H,3H2,1-2H3,(H,10,11,12). The van der Waals surface area contributed by atoms with Crippen LogP contribution < -0.4 is 5.32 Å². The summed E-state index contributed by atoms with van der Waals surface area (Å²) in [6.07, 6.45) is 3.35. The second kappa shape index (κ2) is 4.67. The Morgan fingerprint density at radius 3 is 2.92 bits per heavy atom. The zero-order chi connectivity index (χ0) is 9.68. The van der Waals surface area contributed by atoms with E-state index in [1.54, 1.807) is 0 Å². The maximum atomic E-state index is 8.87. The van der Waals surface area contributed by atoms with Crippen molar-refractivity contribution in [2.24, 2.45) is 0 Å². The molecule has 0 spiro atoms. The predicted molar refractivity (Wildman–Crippen MR) is 52.7 cm³/mol. The Kier molecular flexibility index (Phi) is 3.53. The highest BCUT2D eigenvalue weighted by Crippen LogP contribution is 2.21. The summed E-state index contributed by atoms with van der Waals surface area (Å²) in [4.78, 5) is 7.99. The molecule has 1 N–H and O–H groups in total. The van der Waals surface area contributed by atoms with Crippen LogP contribution >= 0.6 is 11.8 Å². The third-order valence-corrected chi connectivity index (χ3v) is 2.16. The van der Waals surface area contributed by atoms with Gasteiger partial charge in [-0.3, -0.25) is 0 Å². The van der Waals surface area contributed by atoms with Crippen molar-refractivity contribution >= 4 is 17.6 Å². The second-order valence-corrected chi connectivity index (χ2v) is 3.04. The van der Waals surface area contributed by atoms with E-state index in [1.165, 1.54) is 18.1 Å². The molecule has 13 heavy (non-hydrogen) atoms. The number of rotatable bonds is 3. The molecule has 0 amide bonds. The Balaban J connectivity index is 3.13. The summed E-state index contributed by atoms with van der Waals surface area (Å²) < 4.78 is 0. The molecular weight excluding hydrogens is 184 g/mol. The number of nitriles is 1. The minimum Gasteiger partial charge on any atom is -0.369 e. The monoisotopic (exact) mass is 194 g/mol. The van der Waals surface area contributed by atoms with Gasteiger partial charge in [0.25, 0.3) is 0 Å². The molecule has 0 fully saturated rings. The lowest BCUT2D eigenvalue weighted by Gasteiger charge is -2.05. The molecule has 0 radical (unpaired) electrons. The first kappa shape index (κ1) is 9.81. The summed E-state index contributed by atoms with van der Waals surface area (Å²) in [7, 11) is 0. The minimum absolute atomic E-state index is 0.525. The van der Waals surface area contributed by atoms with E-state index in [9.17, 15) is 0 Å². The average molecular weight is 194 g/mol. The zero-order valence-corrected chi connectivity index (χ0v) is 8.35. The van der Waals surface area contributed by atoms with Crippen molar-refractivity contribution in [3.8, 4) is 6.07 Å². The number of nitrogens with zero attached hydrogens (tertiary/aromatic N) is 3. The van der Waals surface area contributed by atoms with Crippen LogP contribution in [0.25, 0.3) is 0 Å². The van der Waals surface area contributed by atoms with Crippen molar-refractivity contribution in [1.29, 1.82) is 5.26 Å². The zero-order valence-electron chi connectivity index (χ0n) is 7.53. The predicted octanol–water partition coefficient (Wildman–Crippen LogP) is 1.50. The first-order chi connectivity index (χ1) is 6.33. The van der Waals surface area contributed by atoms with Crippen molar-refractivity contribution in [2.45, 2.75) is 11.9 Å². The van der Waals surface area contributed by atoms with Gasteiger partial charge < -0.3 is 5.32 Å². The summed E-state index contributed by atoms with van der Waals surface area (Å²) in [6.45, 7) is 2.71. The molecule has 1 aromatic rings. The second-order valence-electron chi connectivity index (χ2n) is 2.25. The molecule has 0 unspecified atom stereocenters. The fourth-order valence-electron chi connectivity index (χ4n) is 0.926. The Labute approximate surface area is 81.4 Å². The molecule has 0 aliphatic heterocycles. The van der Waals surface area contributed by atoms with Gasteiger partial charge in [0, 0.05) is 6.54 Å². The average Bonchev–Trinajstić information content (AvgIpc) is 2.18. The van der Waals surface area contributed by atoms with Gasteiger partial charge in [0.05, 0.1) is 0 Å². The van der Waals surface area contributed by atoms with E-state index < -0.39 is 0 Å². The van der Waals surface area contributed by atoms with Crippen molar-refractivity contribution in [1.82, 2.24) is 9.97 Å². The lowest BCUT2D eigenvalue weighted by molar-refractivity contribution is 1.02. The topological polar surface area (TPSA) is 61.6 Å². The first-order valence-electron chi connectivity index (χ1n) is 3.86. The van der Waals surface area contributed by atoms with Crippen molar-refractivity contribution in [2.75, 3.05) is 18.1 Å². The lowest BCUT2D eigenvalue weighted by atomic mass is 10.3. The number of aromatic nitrogens is 2. The Morgan fingerprint density at radius 1 is 1.62 bits per heavy atom. The molecule has 0 saturated heterocycles. The van der Waals surface area contributed by atoms with Crippen LogP contribution in [-0.2, 0) is 0 Å². The SMILES string of the molecule is CCNc1ncnc(SC)c1C#N. The van der Waals surface area contributed by atoms with Gasteiger partial charge in [0.2, 0.25) is 0 Å². The molecule has 0 aliphatic rings. The van der Waals surface area contributed by atoms with Gasteiger partial charge in [0.15, 0.2) is 0 Å². The molecule has 1 rings (SSSR count). The molecule has 68 valence electrons. The minimum atomic E-state index is 0.525. The first-order valence-corrected chi connectivity index (χ1v) is 5.08. The number of anilines is 1. The van der Waals surface area contributed by atoms with Crippen LogP contribution in [0, 0.1) is 11.3 Å². The van der Waals surface area contributed by atoms with Crippen LogP contribution in [0.5, 0.6) is 0 Å². The van der Waals surface area contributed by atoms with Crippen LogP contribution in [0.15, 0.2) is 11.4 Å². The van der Waals surface area contributed by atoms with Crippen LogP contribution in [0.4, 0.5) is 5.82 Å². The molecular formula is C8H10N4S. The molecule has 1 aromatic heterocycles. The molecule has 5 heteroatoms. The third kappa shape index (κ3) is 2.10. The van der Waals surface area contributed by atoms with Crippen LogP contribution in [-0.4, -0.2) is 22.8 Å². The summed E-state index contributed by atoms with van der Waals surface area (Å²) in [5.74, 6) is 0.615. The highest BCUT2D eigenvalue weighted by atomic mass is 32.2. The van der Waals surface area contributed by atoms with E-state index in [0.717, 1.165) is 6.54 Å². The maximum Gasteiger partial charge on any atom is 0.148 e. The molecule has 0 bridgehead atoms. The van der Waals surface area contributed by atoms with Crippen LogP contribution in [0.2, 0.25) is 0 Å². The van der Waals surface area contributed by atoms with E-state index in [0.29, 0.717) is 16.4 Å². The van der Waals surface area contributed by atoms with Gasteiger partial charge in [-0.1, -0.05) is 0 Å². The van der Waals surface area contributed by atoms with Gasteiger partial charge in [0.1, 0.15) is 28.8 Å². The summed E-state index contributed by atoms with van der Waals surface area (Å²) in [5.41, 5.74) is 0.525. The van der Waals surface area contributed by atoms with E-state index in [-0.39, 0.29) is 0 Å². The largest absolute Gasteiger partial charge is 0.369 e. The van der Waals surface area contributed by atoms with Gasteiger partial charge in [-0.2, -0.15) is 5.26 Å². The van der Waals surface area contributed by atoms with Crippen LogP contribution in [0.1, 0.15) is 12.5 Å². The Morgan fingerprint density at radius 2 is 2.38 bits per heavy atom. The van der Waals surface area contributed by atoms with Crippen molar-refractivity contribution < 1.29 is 0 Å². The number of hydrogen-bond acceptors (Lipinski definition) is 5. The molecule has 4 nitrogen and oxygen atoms in total. The van der Waals surface area contributed by atoms with Crippen LogP contribution in [0.3, 0.4) is 0 Å². The fraction of sp³-hybridized carbons (Fsp3) is 0.375. The van der Waals surface area contributed by atoms with E-state index in [1.807, 2.05) is 13.2 Å². The number of hydrogen-bond donors (Lipinski definition) is 1. The van der Waals surface area contributed by atoms with E-state index >= 15 is 0 Å². The quantitative estimate of drug-likeness (QED) is 0.583. The highest BCUT2D eigenvalue weighted by Gasteiger charge is 2.08. The van der Waals surface area contributed by atoms with E-state index in [4.69, 9.17) is 5.26 Å². The molecule has 0 saturated carbocycles. The van der Waals surface area contributed by atoms with Gasteiger partial charge in [-0.25, -0.2) is 9.97 Å². The summed E-state index contributed by atoms with van der Waals surface area (Å²) in [5, 5.41) is 12.6. The molecule has 0 atom stereocenters. The number of nitrogens with one attached hydrogen (secondary N) is 1. The van der Waals surface area contributed by atoms with Gasteiger partial charge in [-0.05, 0) is 13.2 Å². The Bertz CT molecular complexity index is 331. The number of thioether (sulfide) groups is 1. The van der Waals surface area contributed by atoms with Crippen molar-refractivity contribution in [3.05, 3.63) is 11.9 Å². The molecule has 1 heterocycles. The fourth-order valence-corrected chi connectivity index (χ4v) is 1.43. The summed E-state index contributed by atoms with van der Waals surface area (Å²) >= 11 is 1.45. The molecule has 0 aromatic carbocycles. The summed E-state index contributed by atoms with van der Waals surface area (Å²) in [6, 6.07) is 2.09. The van der Waals surface area contributed by atoms with Gasteiger partial charge >= 0.3 is 0 Å². The highest BCUT2D eigenvalue weighted by molar-refractivity contribution is 7.98. The lowest BCUT2D eigenvalue weighted by Crippen LogP contribution is -2.03. The maximum absolute atomic E-state index is 8.87. The smallest absolute Gasteiger partial charge is 0.148 e. The third-order valence-electron chi connectivity index (χ3n) is 1.46. The van der Waals surface area contributed by atoms with Crippen molar-refractivity contribution in [3.63, 3.8) is 0 Å². The van der Waals surface area contributed by atoms with Gasteiger partial charge in [-0.15, -0.1) is 11.8 Å². The normalized spacial score (nSPS) is 9.31. The van der Waals surface area contributed by atoms with E-state index in [2.05, 4.69) is 21.4 Å². The molecule has 0 aliphatic carbocycles.